The molecule has 41 heavy (non-hydrogen) atoms. The Labute approximate surface area is 229 Å². The lowest BCUT2D eigenvalue weighted by molar-refractivity contribution is -0.137. The van der Waals surface area contributed by atoms with E-state index >= 15 is 0 Å². The first-order chi connectivity index (χ1) is 19.4. The highest BCUT2D eigenvalue weighted by Gasteiger charge is 2.30. The van der Waals surface area contributed by atoms with Crippen LogP contribution in [0.4, 0.5) is 27.6 Å². The lowest BCUT2D eigenvalue weighted by Crippen LogP contribution is -2.35. The van der Waals surface area contributed by atoms with Gasteiger partial charge in [-0.15, -0.1) is 0 Å². The summed E-state index contributed by atoms with van der Waals surface area (Å²) >= 11 is 0. The van der Waals surface area contributed by atoms with Gasteiger partial charge in [0.15, 0.2) is 5.65 Å². The third kappa shape index (κ3) is 6.35. The second-order valence-corrected chi connectivity index (χ2v) is 10.5. The zero-order valence-electron chi connectivity index (χ0n) is 20.9. The van der Waals surface area contributed by atoms with Crippen LogP contribution in [0.3, 0.4) is 0 Å². The Morgan fingerprint density at radius 3 is 2.27 bits per heavy atom. The average Bonchev–Trinajstić information content (AvgIpc) is 3.36. The fourth-order valence-corrected chi connectivity index (χ4v) is 5.41. The summed E-state index contributed by atoms with van der Waals surface area (Å²) in [6, 6.07) is 9.72. The number of aliphatic hydroxyl groups is 2. The van der Waals surface area contributed by atoms with Crippen molar-refractivity contribution in [1.82, 2.24) is 18.9 Å². The molecule has 3 N–H and O–H groups in total. The van der Waals surface area contributed by atoms with Gasteiger partial charge in [-0.3, -0.25) is 4.79 Å². The van der Waals surface area contributed by atoms with Crippen LogP contribution in [0.2, 0.25) is 0 Å². The molecule has 0 saturated carbocycles. The van der Waals surface area contributed by atoms with Crippen LogP contribution in [0.5, 0.6) is 0 Å². The van der Waals surface area contributed by atoms with Gasteiger partial charge in [0, 0.05) is 24.3 Å². The van der Waals surface area contributed by atoms with Gasteiger partial charge in [0.05, 0.1) is 35.6 Å². The highest BCUT2D eigenvalue weighted by atomic mass is 32.2. The fraction of sp³-hybridized carbons (Fsp3) is 0.240. The SMILES string of the molecule is O=C(Nc1cccc(S(=O)(=O)N(CCO)CCO)c1)c1cnn2c(C(F)F)cc(-c3ccc(C(F)(F)F)cc3)nc12. The predicted octanol–water partition coefficient (Wildman–Crippen LogP) is 3.58. The molecule has 0 spiro atoms. The molecule has 0 atom stereocenters. The lowest BCUT2D eigenvalue weighted by Gasteiger charge is -2.20. The third-order valence-electron chi connectivity index (χ3n) is 5.90. The van der Waals surface area contributed by atoms with E-state index in [1.807, 2.05) is 0 Å². The quantitative estimate of drug-likeness (QED) is 0.237. The lowest BCUT2D eigenvalue weighted by atomic mass is 10.1. The van der Waals surface area contributed by atoms with Gasteiger partial charge in [-0.1, -0.05) is 18.2 Å². The summed E-state index contributed by atoms with van der Waals surface area (Å²) in [4.78, 5) is 17.1. The second-order valence-electron chi connectivity index (χ2n) is 8.57. The van der Waals surface area contributed by atoms with Crippen molar-refractivity contribution in [2.45, 2.75) is 17.5 Å². The number of aromatic nitrogens is 3. The maximum Gasteiger partial charge on any atom is 0.416 e. The Balaban J connectivity index is 1.69. The molecular formula is C25H22F5N5O5S. The highest BCUT2D eigenvalue weighted by Crippen LogP contribution is 2.32. The van der Waals surface area contributed by atoms with E-state index in [9.17, 15) is 45.4 Å². The molecule has 0 unspecified atom stereocenters. The zero-order valence-corrected chi connectivity index (χ0v) is 21.7. The monoisotopic (exact) mass is 599 g/mol. The number of carbonyl (C=O) groups is 1. The number of benzene rings is 2. The number of halogens is 5. The van der Waals surface area contributed by atoms with Crippen LogP contribution in [0.1, 0.15) is 28.0 Å². The van der Waals surface area contributed by atoms with Crippen LogP contribution in [0.25, 0.3) is 16.9 Å². The Morgan fingerprint density at radius 2 is 1.68 bits per heavy atom. The van der Waals surface area contributed by atoms with E-state index in [4.69, 9.17) is 0 Å². The van der Waals surface area contributed by atoms with Crippen molar-refractivity contribution in [3.8, 4) is 11.3 Å². The van der Waals surface area contributed by atoms with Crippen LogP contribution in [-0.2, 0) is 16.2 Å². The molecular weight excluding hydrogens is 577 g/mol. The zero-order chi connectivity index (χ0) is 29.9. The Hall–Kier alpha value is -3.99. The molecule has 0 fully saturated rings. The van der Waals surface area contributed by atoms with E-state index in [1.165, 1.54) is 18.2 Å². The van der Waals surface area contributed by atoms with Gasteiger partial charge < -0.3 is 15.5 Å². The summed E-state index contributed by atoms with van der Waals surface area (Å²) in [5, 5.41) is 24.6. The van der Waals surface area contributed by atoms with E-state index in [-0.39, 0.29) is 46.1 Å². The Morgan fingerprint density at radius 1 is 1.02 bits per heavy atom. The summed E-state index contributed by atoms with van der Waals surface area (Å²) < 4.78 is 94.1. The molecule has 4 rings (SSSR count). The molecule has 0 radical (unpaired) electrons. The highest BCUT2D eigenvalue weighted by molar-refractivity contribution is 7.89. The topological polar surface area (TPSA) is 137 Å². The number of anilines is 1. The fourth-order valence-electron chi connectivity index (χ4n) is 3.94. The Kier molecular flexibility index (Phi) is 8.67. The van der Waals surface area contributed by atoms with Crippen LogP contribution in [-0.4, -0.2) is 69.7 Å². The first-order valence-electron chi connectivity index (χ1n) is 11.8. The second kappa shape index (κ2) is 11.9. The number of hydrogen-bond donors (Lipinski definition) is 3. The van der Waals surface area contributed by atoms with Gasteiger partial charge in [0.2, 0.25) is 10.0 Å². The van der Waals surface area contributed by atoms with Gasteiger partial charge in [0.25, 0.3) is 12.3 Å². The molecule has 2 aromatic carbocycles. The first kappa shape index (κ1) is 30.0. The van der Waals surface area contributed by atoms with Gasteiger partial charge in [-0.2, -0.15) is 22.6 Å². The van der Waals surface area contributed by atoms with Crippen LogP contribution in [0, 0.1) is 0 Å². The number of amides is 1. The van der Waals surface area contributed by atoms with Crippen molar-refractivity contribution in [2.75, 3.05) is 31.6 Å². The minimum Gasteiger partial charge on any atom is -0.395 e. The summed E-state index contributed by atoms with van der Waals surface area (Å²) in [6.07, 6.45) is -6.70. The minimum absolute atomic E-state index is 0.0105. The molecule has 218 valence electrons. The number of alkyl halides is 5. The minimum atomic E-state index is -4.60. The van der Waals surface area contributed by atoms with Gasteiger partial charge in [0.1, 0.15) is 11.3 Å². The molecule has 2 heterocycles. The maximum atomic E-state index is 13.9. The number of nitrogens with one attached hydrogen (secondary N) is 1. The molecule has 1 amide bonds. The van der Waals surface area contributed by atoms with E-state index < -0.39 is 53.0 Å². The smallest absolute Gasteiger partial charge is 0.395 e. The van der Waals surface area contributed by atoms with Crippen LogP contribution in [0.15, 0.2) is 65.7 Å². The van der Waals surface area contributed by atoms with Gasteiger partial charge in [-0.05, 0) is 36.4 Å². The molecule has 2 aromatic heterocycles. The largest absolute Gasteiger partial charge is 0.416 e. The molecule has 0 bridgehead atoms. The number of hydrogen-bond acceptors (Lipinski definition) is 7. The van der Waals surface area contributed by atoms with Crippen molar-refractivity contribution in [3.05, 3.63) is 77.6 Å². The van der Waals surface area contributed by atoms with E-state index in [2.05, 4.69) is 15.4 Å². The summed E-state index contributed by atoms with van der Waals surface area (Å²) in [5.41, 5.74) is -2.21. The molecule has 0 aliphatic rings. The maximum absolute atomic E-state index is 13.9. The molecule has 0 aliphatic heterocycles. The van der Waals surface area contributed by atoms with E-state index in [0.29, 0.717) is 0 Å². The van der Waals surface area contributed by atoms with Crippen molar-refractivity contribution < 1.29 is 45.4 Å². The molecule has 16 heteroatoms. The normalized spacial score (nSPS) is 12.4. The first-order valence-corrected chi connectivity index (χ1v) is 13.3. The Bertz CT molecular complexity index is 1650. The summed E-state index contributed by atoms with van der Waals surface area (Å²) in [5.74, 6) is -0.880. The van der Waals surface area contributed by atoms with Crippen molar-refractivity contribution in [1.29, 1.82) is 0 Å². The molecule has 10 nitrogen and oxygen atoms in total. The number of fused-ring (bicyclic) bond motifs is 1. The van der Waals surface area contributed by atoms with E-state index in [0.717, 1.165) is 51.4 Å². The molecule has 0 saturated heterocycles. The van der Waals surface area contributed by atoms with Crippen molar-refractivity contribution in [2.24, 2.45) is 0 Å². The number of sulfonamides is 1. The van der Waals surface area contributed by atoms with Crippen molar-refractivity contribution >= 4 is 27.3 Å². The number of aliphatic hydroxyl groups excluding tert-OH is 2. The molecule has 4 aromatic rings. The number of carbonyl (C=O) groups excluding carboxylic acids is 1. The standard InChI is InChI=1S/C25H22F5N5O5S/c26-22(27)21-13-20(15-4-6-16(7-5-15)25(28,29)30)33-23-19(14-31-35(21)23)24(38)32-17-2-1-3-18(12-17)41(39,40)34(8-10-36)9-11-37/h1-7,12-14,22,36-37H,8-11H2,(H,32,38). The summed E-state index contributed by atoms with van der Waals surface area (Å²) in [6.45, 7) is -1.54. The summed E-state index contributed by atoms with van der Waals surface area (Å²) in [7, 11) is -4.16. The van der Waals surface area contributed by atoms with Crippen molar-refractivity contribution in [3.63, 3.8) is 0 Å². The van der Waals surface area contributed by atoms with E-state index in [1.54, 1.807) is 0 Å². The van der Waals surface area contributed by atoms with Crippen LogP contribution < -0.4 is 5.32 Å². The number of rotatable bonds is 10. The number of nitrogens with zero attached hydrogens (tertiary/aromatic N) is 4. The third-order valence-corrected chi connectivity index (χ3v) is 7.80. The molecule has 0 aliphatic carbocycles. The average molecular weight is 600 g/mol. The van der Waals surface area contributed by atoms with Crippen LogP contribution >= 0.6 is 0 Å². The van der Waals surface area contributed by atoms with Gasteiger partial charge in [-0.25, -0.2) is 26.7 Å². The van der Waals surface area contributed by atoms with Gasteiger partial charge >= 0.3 is 6.18 Å². The predicted molar refractivity (Wildman–Crippen MR) is 136 cm³/mol.